The van der Waals surface area contributed by atoms with Gasteiger partial charge in [-0.25, -0.2) is 0 Å². The first-order valence-electron chi connectivity index (χ1n) is 6.45. The lowest BCUT2D eigenvalue weighted by Gasteiger charge is -2.29. The molecule has 1 aromatic rings. The molecule has 4 heteroatoms. The molecule has 2 rings (SSSR count). The maximum Gasteiger partial charge on any atom is 0.0640 e. The molecule has 17 heavy (non-hydrogen) atoms. The van der Waals surface area contributed by atoms with Crippen LogP contribution in [0, 0.1) is 0 Å². The Kier molecular flexibility index (Phi) is 3.83. The zero-order valence-corrected chi connectivity index (χ0v) is 11.8. The Hall–Kier alpha value is -0.480. The zero-order valence-electron chi connectivity index (χ0n) is 11.0. The molecule has 0 aliphatic carbocycles. The third kappa shape index (κ3) is 2.86. The number of rotatable bonds is 4. The van der Waals surface area contributed by atoms with Crippen molar-refractivity contribution in [1.82, 2.24) is 9.78 Å². The van der Waals surface area contributed by atoms with E-state index in [1.54, 1.807) is 0 Å². The molecule has 0 bridgehead atoms. The molecule has 1 saturated heterocycles. The Morgan fingerprint density at radius 1 is 1.59 bits per heavy atom. The van der Waals surface area contributed by atoms with Gasteiger partial charge in [-0.3, -0.25) is 4.68 Å². The van der Waals surface area contributed by atoms with Crippen LogP contribution in [0.2, 0.25) is 0 Å². The molecular formula is C13H23N3S. The van der Waals surface area contributed by atoms with Gasteiger partial charge in [0.25, 0.3) is 0 Å². The van der Waals surface area contributed by atoms with Gasteiger partial charge in [-0.05, 0) is 45.4 Å². The van der Waals surface area contributed by atoms with Crippen LogP contribution in [0.15, 0.2) is 12.3 Å². The second-order valence-corrected chi connectivity index (χ2v) is 7.09. The van der Waals surface area contributed by atoms with Gasteiger partial charge >= 0.3 is 0 Å². The van der Waals surface area contributed by atoms with Crippen molar-refractivity contribution in [3.63, 3.8) is 0 Å². The molecular weight excluding hydrogens is 230 g/mol. The third-order valence-electron chi connectivity index (χ3n) is 3.66. The largest absolute Gasteiger partial charge is 0.326 e. The molecule has 1 aromatic heterocycles. The molecule has 1 aliphatic heterocycles. The fourth-order valence-corrected chi connectivity index (χ4v) is 3.65. The van der Waals surface area contributed by atoms with Crippen LogP contribution in [0.3, 0.4) is 0 Å². The summed E-state index contributed by atoms with van der Waals surface area (Å²) in [5.74, 6) is 1.25. The van der Waals surface area contributed by atoms with Gasteiger partial charge < -0.3 is 5.73 Å². The molecule has 0 saturated carbocycles. The van der Waals surface area contributed by atoms with Crippen LogP contribution in [0.1, 0.15) is 45.3 Å². The Morgan fingerprint density at radius 3 is 2.88 bits per heavy atom. The van der Waals surface area contributed by atoms with Crippen molar-refractivity contribution < 1.29 is 0 Å². The van der Waals surface area contributed by atoms with Crippen molar-refractivity contribution in [3.8, 4) is 0 Å². The molecule has 1 fully saturated rings. The van der Waals surface area contributed by atoms with E-state index < -0.39 is 0 Å². The Labute approximate surface area is 108 Å². The molecule has 1 aliphatic rings. The van der Waals surface area contributed by atoms with Crippen molar-refractivity contribution in [1.29, 1.82) is 0 Å². The Morgan fingerprint density at radius 2 is 2.35 bits per heavy atom. The van der Waals surface area contributed by atoms with E-state index in [4.69, 9.17) is 5.73 Å². The molecule has 0 spiro atoms. The lowest BCUT2D eigenvalue weighted by Crippen LogP contribution is -2.42. The van der Waals surface area contributed by atoms with Gasteiger partial charge in [0.2, 0.25) is 0 Å². The Bertz CT molecular complexity index is 366. The first-order chi connectivity index (χ1) is 8.01. The average molecular weight is 253 g/mol. The van der Waals surface area contributed by atoms with Gasteiger partial charge in [0, 0.05) is 29.4 Å². The molecule has 0 aromatic carbocycles. The van der Waals surface area contributed by atoms with E-state index in [1.165, 1.54) is 18.6 Å². The molecule has 96 valence electrons. The summed E-state index contributed by atoms with van der Waals surface area (Å²) < 4.78 is 2.26. The van der Waals surface area contributed by atoms with Crippen LogP contribution in [0.4, 0.5) is 0 Å². The molecule has 2 unspecified atom stereocenters. The van der Waals surface area contributed by atoms with E-state index in [0.29, 0.717) is 6.04 Å². The van der Waals surface area contributed by atoms with Crippen molar-refractivity contribution in [2.45, 2.75) is 56.9 Å². The second-order valence-electron chi connectivity index (χ2n) is 5.46. The topological polar surface area (TPSA) is 43.8 Å². The molecule has 2 atom stereocenters. The highest BCUT2D eigenvalue weighted by Gasteiger charge is 2.35. The van der Waals surface area contributed by atoms with Crippen LogP contribution in [0.25, 0.3) is 0 Å². The van der Waals surface area contributed by atoms with Gasteiger partial charge in [-0.1, -0.05) is 0 Å². The Balaban J connectivity index is 1.99. The summed E-state index contributed by atoms with van der Waals surface area (Å²) in [4.78, 5) is 0. The maximum absolute atomic E-state index is 6.36. The van der Waals surface area contributed by atoms with E-state index in [-0.39, 0.29) is 10.8 Å². The second kappa shape index (κ2) is 5.02. The van der Waals surface area contributed by atoms with Gasteiger partial charge in [0.15, 0.2) is 0 Å². The molecule has 0 amide bonds. The van der Waals surface area contributed by atoms with Crippen LogP contribution in [0.5, 0.6) is 0 Å². The maximum atomic E-state index is 6.36. The highest BCUT2D eigenvalue weighted by molar-refractivity contribution is 8.00. The van der Waals surface area contributed by atoms with Gasteiger partial charge in [-0.2, -0.15) is 16.9 Å². The van der Waals surface area contributed by atoms with Gasteiger partial charge in [-0.15, -0.1) is 0 Å². The summed E-state index contributed by atoms with van der Waals surface area (Å²) in [5.41, 5.74) is 7.49. The predicted octanol–water partition coefficient (Wildman–Crippen LogP) is 2.62. The minimum Gasteiger partial charge on any atom is -0.326 e. The number of hydrogen-bond acceptors (Lipinski definition) is 3. The molecule has 0 radical (unpaired) electrons. The predicted molar refractivity (Wildman–Crippen MR) is 74.4 cm³/mol. The van der Waals surface area contributed by atoms with Crippen LogP contribution >= 0.6 is 11.8 Å². The fourth-order valence-electron chi connectivity index (χ4n) is 2.31. The minimum atomic E-state index is 0.213. The fraction of sp³-hybridized carbons (Fsp3) is 0.769. The minimum absolute atomic E-state index is 0.213. The highest BCUT2D eigenvalue weighted by Crippen LogP contribution is 2.40. The molecule has 2 N–H and O–H groups in total. The first kappa shape index (κ1) is 13.0. The monoisotopic (exact) mass is 253 g/mol. The van der Waals surface area contributed by atoms with Crippen LogP contribution < -0.4 is 5.73 Å². The number of aromatic nitrogens is 2. The third-order valence-corrected chi connectivity index (χ3v) is 5.31. The van der Waals surface area contributed by atoms with E-state index >= 15 is 0 Å². The van der Waals surface area contributed by atoms with Crippen LogP contribution in [-0.4, -0.2) is 26.3 Å². The van der Waals surface area contributed by atoms with Gasteiger partial charge in [0.1, 0.15) is 0 Å². The van der Waals surface area contributed by atoms with E-state index in [2.05, 4.69) is 38.1 Å². The lowest BCUT2D eigenvalue weighted by atomic mass is 9.93. The summed E-state index contributed by atoms with van der Waals surface area (Å²) >= 11 is 2.03. The van der Waals surface area contributed by atoms with E-state index in [1.807, 2.05) is 16.4 Å². The van der Waals surface area contributed by atoms with Gasteiger partial charge in [0.05, 0.1) is 5.69 Å². The standard InChI is InChI=1S/C13H23N3S/c1-10(2)16-7-5-11(15-16)9-12(14)13(3)6-4-8-17-13/h5,7,10,12H,4,6,8-9,14H2,1-3H3. The van der Waals surface area contributed by atoms with Crippen LogP contribution in [-0.2, 0) is 6.42 Å². The summed E-state index contributed by atoms with van der Waals surface area (Å²) in [5, 5.41) is 4.58. The lowest BCUT2D eigenvalue weighted by molar-refractivity contribution is 0.470. The number of nitrogens with two attached hydrogens (primary N) is 1. The number of thioether (sulfide) groups is 1. The van der Waals surface area contributed by atoms with Crippen molar-refractivity contribution in [2.75, 3.05) is 5.75 Å². The molecule has 3 nitrogen and oxygen atoms in total. The van der Waals surface area contributed by atoms with Crippen molar-refractivity contribution in [3.05, 3.63) is 18.0 Å². The van der Waals surface area contributed by atoms with Crippen molar-refractivity contribution in [2.24, 2.45) is 5.73 Å². The normalized spacial score (nSPS) is 26.6. The van der Waals surface area contributed by atoms with Crippen molar-refractivity contribution >= 4 is 11.8 Å². The number of nitrogens with zero attached hydrogens (tertiary/aromatic N) is 2. The van der Waals surface area contributed by atoms with E-state index in [0.717, 1.165) is 12.1 Å². The highest BCUT2D eigenvalue weighted by atomic mass is 32.2. The number of hydrogen-bond donors (Lipinski definition) is 1. The van der Waals surface area contributed by atoms with E-state index in [9.17, 15) is 0 Å². The smallest absolute Gasteiger partial charge is 0.0640 e. The summed E-state index contributed by atoms with van der Waals surface area (Å²) in [6.45, 7) is 6.59. The summed E-state index contributed by atoms with van der Waals surface area (Å²) in [6.07, 6.45) is 5.49. The zero-order chi connectivity index (χ0) is 12.5. The summed E-state index contributed by atoms with van der Waals surface area (Å²) in [6, 6.07) is 2.74. The SMILES string of the molecule is CC(C)n1ccc(CC(N)C2(C)CCCS2)n1. The first-order valence-corrected chi connectivity index (χ1v) is 7.43. The summed E-state index contributed by atoms with van der Waals surface area (Å²) in [7, 11) is 0. The average Bonchev–Trinajstić information content (AvgIpc) is 2.88. The molecule has 2 heterocycles. The quantitative estimate of drug-likeness (QED) is 0.897.